The summed E-state index contributed by atoms with van der Waals surface area (Å²) in [6.45, 7) is 5.70. The van der Waals surface area contributed by atoms with Crippen LogP contribution >= 0.6 is 0 Å². The van der Waals surface area contributed by atoms with Crippen LogP contribution in [0.1, 0.15) is 13.3 Å². The quantitative estimate of drug-likeness (QED) is 0.438. The second kappa shape index (κ2) is 6.08. The fraction of sp³-hybridized carbons (Fsp3) is 0.375. The lowest BCUT2D eigenvalue weighted by molar-refractivity contribution is -0.142. The molecule has 0 rings (SSSR count). The van der Waals surface area contributed by atoms with Crippen molar-refractivity contribution in [3.05, 3.63) is 24.8 Å². The van der Waals surface area contributed by atoms with Crippen molar-refractivity contribution in [3.63, 3.8) is 0 Å². The Hall–Kier alpha value is -1.05. The molecule has 0 atom stereocenters. The first-order valence-corrected chi connectivity index (χ1v) is 3.24. The average Bonchev–Trinajstić information content (AvgIpc) is 1.89. The first-order valence-electron chi connectivity index (χ1n) is 3.24. The van der Waals surface area contributed by atoms with Crippen molar-refractivity contribution < 1.29 is 9.53 Å². The molecule has 0 fully saturated rings. The standard InChI is InChI=1S/C8H12O2/c1-3-5-6-7-8(9)10-4-2/h3,5-6H,1,4,7H2,2H3/b6-5+. The Labute approximate surface area is 61.2 Å². The van der Waals surface area contributed by atoms with Crippen LogP contribution in [0.5, 0.6) is 0 Å². The van der Waals surface area contributed by atoms with Crippen LogP contribution < -0.4 is 0 Å². The van der Waals surface area contributed by atoms with Crippen LogP contribution in [-0.2, 0) is 9.53 Å². The fourth-order valence-corrected chi connectivity index (χ4v) is 0.480. The number of carbonyl (C=O) groups excluding carboxylic acids is 1. The molecule has 0 saturated carbocycles. The first kappa shape index (κ1) is 8.95. The molecule has 0 unspecified atom stereocenters. The van der Waals surface area contributed by atoms with Gasteiger partial charge in [0.15, 0.2) is 0 Å². The number of hydrogen-bond donors (Lipinski definition) is 0. The van der Waals surface area contributed by atoms with E-state index in [1.807, 2.05) is 0 Å². The van der Waals surface area contributed by atoms with Gasteiger partial charge >= 0.3 is 5.97 Å². The van der Waals surface area contributed by atoms with Gasteiger partial charge in [-0.3, -0.25) is 4.79 Å². The molecule has 0 aromatic carbocycles. The number of rotatable bonds is 4. The maximum Gasteiger partial charge on any atom is 0.309 e. The summed E-state index contributed by atoms with van der Waals surface area (Å²) in [6, 6.07) is 0. The topological polar surface area (TPSA) is 26.3 Å². The maximum atomic E-state index is 10.6. The Balaban J connectivity index is 3.38. The highest BCUT2D eigenvalue weighted by Crippen LogP contribution is 1.87. The van der Waals surface area contributed by atoms with Crippen molar-refractivity contribution in [1.29, 1.82) is 0 Å². The molecule has 0 aliphatic carbocycles. The minimum absolute atomic E-state index is 0.194. The summed E-state index contributed by atoms with van der Waals surface area (Å²) >= 11 is 0. The number of ether oxygens (including phenoxy) is 1. The summed E-state index contributed by atoms with van der Waals surface area (Å²) < 4.78 is 4.66. The Morgan fingerprint density at radius 1 is 1.70 bits per heavy atom. The Morgan fingerprint density at radius 3 is 2.90 bits per heavy atom. The summed E-state index contributed by atoms with van der Waals surface area (Å²) in [5.41, 5.74) is 0. The highest BCUT2D eigenvalue weighted by Gasteiger charge is 1.94. The van der Waals surface area contributed by atoms with Gasteiger partial charge in [-0.05, 0) is 6.92 Å². The summed E-state index contributed by atoms with van der Waals surface area (Å²) in [5, 5.41) is 0. The molecule has 10 heavy (non-hydrogen) atoms. The minimum atomic E-state index is -0.194. The number of esters is 1. The lowest BCUT2D eigenvalue weighted by Crippen LogP contribution is -2.01. The summed E-state index contributed by atoms with van der Waals surface area (Å²) in [7, 11) is 0. The van der Waals surface area contributed by atoms with Gasteiger partial charge in [0.25, 0.3) is 0 Å². The molecule has 56 valence electrons. The molecule has 0 bridgehead atoms. The highest BCUT2D eigenvalue weighted by atomic mass is 16.5. The summed E-state index contributed by atoms with van der Waals surface area (Å²) in [4.78, 5) is 10.6. The van der Waals surface area contributed by atoms with Gasteiger partial charge in [0.2, 0.25) is 0 Å². The van der Waals surface area contributed by atoms with Crippen molar-refractivity contribution in [1.82, 2.24) is 0 Å². The lowest BCUT2D eigenvalue weighted by Gasteiger charge is -1.95. The van der Waals surface area contributed by atoms with E-state index in [1.165, 1.54) is 0 Å². The van der Waals surface area contributed by atoms with E-state index < -0.39 is 0 Å². The van der Waals surface area contributed by atoms with Gasteiger partial charge in [-0.2, -0.15) is 0 Å². The van der Waals surface area contributed by atoms with Gasteiger partial charge in [0.1, 0.15) is 0 Å². The normalized spacial score (nSPS) is 9.70. The van der Waals surface area contributed by atoms with E-state index in [0.29, 0.717) is 13.0 Å². The SMILES string of the molecule is C=C/C=C/CC(=O)OCC. The van der Waals surface area contributed by atoms with E-state index in [-0.39, 0.29) is 5.97 Å². The first-order chi connectivity index (χ1) is 4.81. The minimum Gasteiger partial charge on any atom is -0.466 e. The molecule has 0 aliphatic rings. The molecule has 0 heterocycles. The average molecular weight is 140 g/mol. The third-order valence-corrected chi connectivity index (χ3v) is 0.862. The molecule has 0 amide bonds. The summed E-state index contributed by atoms with van der Waals surface area (Å²) in [5.74, 6) is -0.194. The largest absolute Gasteiger partial charge is 0.466 e. The van der Waals surface area contributed by atoms with Crippen LogP contribution in [0.4, 0.5) is 0 Å². The molecule has 0 spiro atoms. The van der Waals surface area contributed by atoms with E-state index in [9.17, 15) is 4.79 Å². The summed E-state index contributed by atoms with van der Waals surface area (Å²) in [6.07, 6.45) is 5.39. The second-order valence-electron chi connectivity index (χ2n) is 1.67. The Bertz CT molecular complexity index is 136. The zero-order valence-electron chi connectivity index (χ0n) is 6.17. The van der Waals surface area contributed by atoms with E-state index in [1.54, 1.807) is 25.2 Å². The van der Waals surface area contributed by atoms with E-state index in [4.69, 9.17) is 0 Å². The molecule has 0 aromatic rings. The Kier molecular flexibility index (Phi) is 5.44. The molecule has 0 aromatic heterocycles. The zero-order chi connectivity index (χ0) is 7.82. The maximum absolute atomic E-state index is 10.6. The molecule has 0 radical (unpaired) electrons. The number of allylic oxidation sites excluding steroid dienone is 2. The van der Waals surface area contributed by atoms with Gasteiger partial charge < -0.3 is 4.74 Å². The lowest BCUT2D eigenvalue weighted by atomic mass is 10.4. The van der Waals surface area contributed by atoms with Crippen molar-refractivity contribution in [2.24, 2.45) is 0 Å². The van der Waals surface area contributed by atoms with Crippen molar-refractivity contribution >= 4 is 5.97 Å². The monoisotopic (exact) mass is 140 g/mol. The molecule has 0 saturated heterocycles. The third-order valence-electron chi connectivity index (χ3n) is 0.862. The third kappa shape index (κ3) is 5.09. The van der Waals surface area contributed by atoms with E-state index in [2.05, 4.69) is 11.3 Å². The van der Waals surface area contributed by atoms with Crippen LogP contribution in [0.15, 0.2) is 24.8 Å². The van der Waals surface area contributed by atoms with Gasteiger partial charge in [0, 0.05) is 0 Å². The molecule has 0 N–H and O–H groups in total. The number of carbonyl (C=O) groups is 1. The molecular weight excluding hydrogens is 128 g/mol. The van der Waals surface area contributed by atoms with Crippen LogP contribution in [0.25, 0.3) is 0 Å². The smallest absolute Gasteiger partial charge is 0.309 e. The van der Waals surface area contributed by atoms with E-state index >= 15 is 0 Å². The Morgan fingerprint density at radius 2 is 2.40 bits per heavy atom. The molecule has 2 nitrogen and oxygen atoms in total. The van der Waals surface area contributed by atoms with Gasteiger partial charge in [-0.1, -0.05) is 24.8 Å². The van der Waals surface area contributed by atoms with Crippen molar-refractivity contribution in [3.8, 4) is 0 Å². The zero-order valence-corrected chi connectivity index (χ0v) is 6.17. The fourth-order valence-electron chi connectivity index (χ4n) is 0.480. The van der Waals surface area contributed by atoms with Crippen LogP contribution in [0.3, 0.4) is 0 Å². The van der Waals surface area contributed by atoms with Crippen LogP contribution in [0.2, 0.25) is 0 Å². The van der Waals surface area contributed by atoms with Gasteiger partial charge in [-0.25, -0.2) is 0 Å². The molecule has 2 heteroatoms. The van der Waals surface area contributed by atoms with Crippen molar-refractivity contribution in [2.75, 3.05) is 6.61 Å². The van der Waals surface area contributed by atoms with Gasteiger partial charge in [0.05, 0.1) is 13.0 Å². The predicted octanol–water partition coefficient (Wildman–Crippen LogP) is 1.68. The number of hydrogen-bond acceptors (Lipinski definition) is 2. The van der Waals surface area contributed by atoms with Gasteiger partial charge in [-0.15, -0.1) is 0 Å². The molecular formula is C8H12O2. The second-order valence-corrected chi connectivity index (χ2v) is 1.67. The van der Waals surface area contributed by atoms with Crippen LogP contribution in [-0.4, -0.2) is 12.6 Å². The van der Waals surface area contributed by atoms with Crippen LogP contribution in [0, 0.1) is 0 Å². The molecule has 0 aliphatic heterocycles. The predicted molar refractivity (Wildman–Crippen MR) is 40.6 cm³/mol. The highest BCUT2D eigenvalue weighted by molar-refractivity contribution is 5.71. The van der Waals surface area contributed by atoms with Crippen molar-refractivity contribution in [2.45, 2.75) is 13.3 Å². The van der Waals surface area contributed by atoms with E-state index in [0.717, 1.165) is 0 Å².